The fourth-order valence-electron chi connectivity index (χ4n) is 5.82. The summed E-state index contributed by atoms with van der Waals surface area (Å²) in [5.74, 6) is 2.49. The van der Waals surface area contributed by atoms with E-state index in [-0.39, 0.29) is 12.4 Å². The Morgan fingerprint density at radius 3 is 2.17 bits per heavy atom. The van der Waals surface area contributed by atoms with E-state index in [1.165, 1.54) is 45.2 Å². The van der Waals surface area contributed by atoms with Gasteiger partial charge in [-0.15, -0.1) is 12.4 Å². The van der Waals surface area contributed by atoms with Crippen molar-refractivity contribution in [1.82, 2.24) is 9.13 Å². The van der Waals surface area contributed by atoms with Crippen molar-refractivity contribution in [2.45, 2.75) is 60.4 Å². The smallest absolute Gasteiger partial charge is 0.147 e. The van der Waals surface area contributed by atoms with Gasteiger partial charge in [-0.1, -0.05) is 0 Å². The van der Waals surface area contributed by atoms with Crippen molar-refractivity contribution in [2.24, 2.45) is 23.2 Å². The first-order chi connectivity index (χ1) is 13.1. The van der Waals surface area contributed by atoms with Crippen molar-refractivity contribution in [3.63, 3.8) is 0 Å². The Bertz CT molecular complexity index is 914. The normalized spacial score (nSPS) is 26.5. The summed E-state index contributed by atoms with van der Waals surface area (Å²) in [7, 11) is 0. The van der Waals surface area contributed by atoms with Crippen LogP contribution in [0, 0.1) is 54.8 Å². The second-order valence-electron chi connectivity index (χ2n) is 9.38. The third-order valence-electron chi connectivity index (χ3n) is 7.30. The van der Waals surface area contributed by atoms with Crippen LogP contribution in [0.1, 0.15) is 56.3 Å². The van der Waals surface area contributed by atoms with Crippen LogP contribution in [0.2, 0.25) is 0 Å². The van der Waals surface area contributed by atoms with Crippen molar-refractivity contribution in [1.29, 1.82) is 0 Å². The number of nitrogens with zero attached hydrogens (tertiary/aromatic N) is 2. The summed E-state index contributed by atoms with van der Waals surface area (Å²) in [6.07, 6.45) is 8.78. The third kappa shape index (κ3) is 4.12. The van der Waals surface area contributed by atoms with Gasteiger partial charge in [-0.3, -0.25) is 0 Å². The second-order valence-corrected chi connectivity index (χ2v) is 10.1. The van der Waals surface area contributed by atoms with Crippen LogP contribution < -0.4 is 0 Å². The molecule has 0 saturated heterocycles. The van der Waals surface area contributed by atoms with E-state index >= 15 is 0 Å². The molecular weight excluding hydrogens is 470 g/mol. The van der Waals surface area contributed by atoms with Crippen LogP contribution in [-0.2, 0) is 18.7 Å². The van der Waals surface area contributed by atoms with Gasteiger partial charge < -0.3 is 0 Å². The minimum absolute atomic E-state index is 0. The maximum absolute atomic E-state index is 3.60. The monoisotopic (exact) mass is 505 g/mol. The standard InChI is InChI=1S/C22H30N2.C3H5.ClH.Pd/c1-14-9-15(2)21(16(3)10-14)24-8-7-23(13-24)20-12-18-11-19(17(20)4)22(18,5)6;1-3-2;;/h7-10,17-20H,11-12H2,1-6H3;3H,1-2H2;1H;/q;-1;;/t17-,18+,19+,20-;;;/m0.../s1. The van der Waals surface area contributed by atoms with Crippen LogP contribution in [0.25, 0.3) is 5.69 Å². The van der Waals surface area contributed by atoms with E-state index in [0.717, 1.165) is 17.8 Å². The Kier molecular flexibility index (Phi) is 7.54. The molecule has 2 bridgehead atoms. The molecule has 0 radical (unpaired) electrons. The maximum atomic E-state index is 3.60. The van der Waals surface area contributed by atoms with Crippen LogP contribution >= 0.6 is 12.4 Å². The van der Waals surface area contributed by atoms with E-state index in [1.54, 1.807) is 0 Å². The number of rotatable bonds is 2. The number of aryl methyl sites for hydroxylation is 3. The number of aromatic nitrogens is 2. The number of benzene rings is 1. The van der Waals surface area contributed by atoms with Crippen molar-refractivity contribution >= 4 is 12.4 Å². The Balaban J connectivity index is 0.000000708. The zero-order valence-corrected chi connectivity index (χ0v) is 21.0. The van der Waals surface area contributed by atoms with E-state index < -0.39 is 0 Å². The molecule has 3 aliphatic rings. The molecular formula is C25H36ClN2Pd-. The number of fused-ring (bicyclic) bond motifs is 2. The molecule has 3 aliphatic carbocycles. The largest absolute Gasteiger partial charge is 0.147 e. The van der Waals surface area contributed by atoms with Gasteiger partial charge in [0.05, 0.1) is 0 Å². The van der Waals surface area contributed by atoms with Gasteiger partial charge >= 0.3 is 162 Å². The van der Waals surface area contributed by atoms with Gasteiger partial charge in [-0.25, -0.2) is 19.6 Å². The molecule has 0 N–H and O–H groups in total. The SMILES string of the molecule is C=C[CH2-].Cc1cc(C)c(-n2ccn([C@H]3C[C@H]4C[C@H]([C@@H]3C)C4(C)C)[c]2=[Pd])c(C)c1.Cl. The Morgan fingerprint density at radius 1 is 1.14 bits per heavy atom. The molecule has 3 saturated carbocycles. The number of hydrogen-bond donors (Lipinski definition) is 0. The molecule has 164 valence electrons. The molecule has 4 atom stereocenters. The maximum Gasteiger partial charge on any atom is -0.147 e. The Hall–Kier alpha value is -1.01. The molecule has 1 aromatic heterocycles. The molecule has 2 nitrogen and oxygen atoms in total. The Labute approximate surface area is 193 Å². The molecule has 0 aliphatic heterocycles. The molecule has 0 spiro atoms. The first-order valence-electron chi connectivity index (χ1n) is 10.4. The minimum atomic E-state index is 0. The fourth-order valence-corrected chi connectivity index (χ4v) is 6.48. The predicted octanol–water partition coefficient (Wildman–Crippen LogP) is 6.95. The zero-order chi connectivity index (χ0) is 20.8. The van der Waals surface area contributed by atoms with Gasteiger partial charge in [0.25, 0.3) is 0 Å². The van der Waals surface area contributed by atoms with E-state index in [0.29, 0.717) is 11.5 Å². The predicted molar refractivity (Wildman–Crippen MR) is 122 cm³/mol. The molecule has 1 heterocycles. The summed E-state index contributed by atoms with van der Waals surface area (Å²) in [4.78, 5) is 0. The number of imidazole rings is 1. The second kappa shape index (κ2) is 9.01. The van der Waals surface area contributed by atoms with E-state index in [2.05, 4.69) is 107 Å². The Morgan fingerprint density at radius 2 is 1.69 bits per heavy atom. The van der Waals surface area contributed by atoms with Crippen LogP contribution in [0.15, 0.2) is 37.2 Å². The van der Waals surface area contributed by atoms with Crippen molar-refractivity contribution < 1.29 is 18.7 Å². The molecule has 5 rings (SSSR count). The molecule has 0 amide bonds. The van der Waals surface area contributed by atoms with Gasteiger partial charge in [0.2, 0.25) is 0 Å². The van der Waals surface area contributed by atoms with Gasteiger partial charge in [0.1, 0.15) is 0 Å². The van der Waals surface area contributed by atoms with E-state index in [4.69, 9.17) is 0 Å². The van der Waals surface area contributed by atoms with Crippen LogP contribution in [0.4, 0.5) is 0 Å². The van der Waals surface area contributed by atoms with Gasteiger partial charge in [-0.05, 0) is 0 Å². The van der Waals surface area contributed by atoms with Gasteiger partial charge in [0, 0.05) is 0 Å². The van der Waals surface area contributed by atoms with E-state index in [1.807, 2.05) is 0 Å². The molecule has 3 fully saturated rings. The summed E-state index contributed by atoms with van der Waals surface area (Å²) in [5.41, 5.74) is 5.88. The van der Waals surface area contributed by atoms with Crippen LogP contribution in [-0.4, -0.2) is 9.13 Å². The molecule has 4 heteroatoms. The fraction of sp³-hybridized carbons (Fsp3) is 0.520. The molecule has 0 unspecified atom stereocenters. The van der Waals surface area contributed by atoms with E-state index in [9.17, 15) is 0 Å². The van der Waals surface area contributed by atoms with Crippen molar-refractivity contribution in [2.75, 3.05) is 0 Å². The number of hydrogen-bond acceptors (Lipinski definition) is 0. The summed E-state index contributed by atoms with van der Waals surface area (Å²) in [6, 6.07) is 5.18. The van der Waals surface area contributed by atoms with Crippen molar-refractivity contribution in [3.05, 3.63) is 64.7 Å². The van der Waals surface area contributed by atoms with Gasteiger partial charge in [-0.2, -0.15) is 0 Å². The average Bonchev–Trinajstić information content (AvgIpc) is 2.96. The summed E-state index contributed by atoms with van der Waals surface area (Å²) in [5, 5.41) is 0. The molecule has 1 aromatic carbocycles. The summed E-state index contributed by atoms with van der Waals surface area (Å²) < 4.78 is 6.06. The molecule has 29 heavy (non-hydrogen) atoms. The number of halogens is 1. The van der Waals surface area contributed by atoms with Crippen molar-refractivity contribution in [3.8, 4) is 5.69 Å². The third-order valence-corrected chi connectivity index (χ3v) is 8.08. The van der Waals surface area contributed by atoms with Gasteiger partial charge in [0.15, 0.2) is 0 Å². The van der Waals surface area contributed by atoms with Crippen LogP contribution in [0.5, 0.6) is 0 Å². The first-order valence-corrected chi connectivity index (χ1v) is 11.1. The minimum Gasteiger partial charge on any atom is -0.147 e. The zero-order valence-electron chi connectivity index (χ0n) is 18.6. The quantitative estimate of drug-likeness (QED) is 0.308. The number of allylic oxidation sites excluding steroid dienone is 1. The topological polar surface area (TPSA) is 9.86 Å². The average molecular weight is 506 g/mol. The summed E-state index contributed by atoms with van der Waals surface area (Å²) >= 11 is 3.60. The molecule has 2 aromatic rings. The van der Waals surface area contributed by atoms with Crippen LogP contribution in [0.3, 0.4) is 0 Å². The first kappa shape index (κ1) is 24.3. The summed E-state index contributed by atoms with van der Waals surface area (Å²) in [6.45, 7) is 20.5.